The number of aryl methyl sites for hydroxylation is 1. The van der Waals surface area contributed by atoms with Crippen LogP contribution in [0.3, 0.4) is 0 Å². The van der Waals surface area contributed by atoms with Crippen molar-refractivity contribution in [2.45, 2.75) is 74.8 Å². The first-order valence-electron chi connectivity index (χ1n) is 9.62. The van der Waals surface area contributed by atoms with Gasteiger partial charge in [-0.1, -0.05) is 13.8 Å². The van der Waals surface area contributed by atoms with Gasteiger partial charge in [0.2, 0.25) is 0 Å². The lowest BCUT2D eigenvalue weighted by atomic mass is 9.90. The largest absolute Gasteiger partial charge is 0.347 e. The summed E-state index contributed by atoms with van der Waals surface area (Å²) in [6.45, 7) is 7.76. The van der Waals surface area contributed by atoms with E-state index in [1.165, 1.54) is 4.90 Å². The minimum absolute atomic E-state index is 0.0855. The zero-order chi connectivity index (χ0) is 18.6. The Morgan fingerprint density at radius 2 is 2.15 bits per heavy atom. The van der Waals surface area contributed by atoms with E-state index >= 15 is 0 Å². The Bertz CT molecular complexity index is 631. The first-order valence-corrected chi connectivity index (χ1v) is 10.5. The predicted octanol–water partition coefficient (Wildman–Crippen LogP) is 4.69. The first kappa shape index (κ1) is 19.5. The lowest BCUT2D eigenvalue weighted by Crippen LogP contribution is -2.47. The van der Waals surface area contributed by atoms with Gasteiger partial charge in [-0.05, 0) is 49.9 Å². The summed E-state index contributed by atoms with van der Waals surface area (Å²) in [5.74, 6) is -0.471. The van der Waals surface area contributed by atoms with Crippen LogP contribution in [-0.2, 0) is 9.47 Å². The molecule has 0 aromatic heterocycles. The molecule has 1 aliphatic carbocycles. The summed E-state index contributed by atoms with van der Waals surface area (Å²) in [6, 6.07) is 6.14. The van der Waals surface area contributed by atoms with Crippen LogP contribution in [0.5, 0.6) is 0 Å². The van der Waals surface area contributed by atoms with Crippen LogP contribution in [0.25, 0.3) is 0 Å². The van der Waals surface area contributed by atoms with E-state index < -0.39 is 5.79 Å². The lowest BCUT2D eigenvalue weighted by Gasteiger charge is -2.36. The molecule has 2 fully saturated rings. The van der Waals surface area contributed by atoms with Gasteiger partial charge in [-0.25, -0.2) is 4.79 Å². The molecule has 3 rings (SSSR count). The second kappa shape index (κ2) is 8.63. The van der Waals surface area contributed by atoms with E-state index in [0.717, 1.165) is 43.4 Å². The Labute approximate surface area is 160 Å². The number of carbonyl (C=O) groups is 1. The molecular weight excluding hydrogens is 348 g/mol. The summed E-state index contributed by atoms with van der Waals surface area (Å²) >= 11 is 1.87. The Balaban J connectivity index is 1.54. The van der Waals surface area contributed by atoms with Crippen molar-refractivity contribution in [2.24, 2.45) is 0 Å². The normalized spacial score (nSPS) is 23.0. The van der Waals surface area contributed by atoms with Crippen LogP contribution in [0.15, 0.2) is 23.1 Å². The van der Waals surface area contributed by atoms with E-state index in [1.807, 2.05) is 24.8 Å². The summed E-state index contributed by atoms with van der Waals surface area (Å²) in [4.78, 5) is 13.7. The van der Waals surface area contributed by atoms with Crippen LogP contribution in [0.4, 0.5) is 10.5 Å². The fraction of sp³-hybridized carbons (Fsp3) is 0.650. The number of ether oxygens (including phenoxy) is 2. The molecule has 0 radical (unpaired) electrons. The average molecular weight is 379 g/mol. The molecule has 1 saturated carbocycles. The van der Waals surface area contributed by atoms with Gasteiger partial charge in [0.25, 0.3) is 0 Å². The third kappa shape index (κ3) is 4.93. The average Bonchev–Trinajstić information content (AvgIpc) is 3.04. The Hall–Kier alpha value is -1.24. The Kier molecular flexibility index (Phi) is 6.48. The quantitative estimate of drug-likeness (QED) is 0.730. The SMILES string of the molecule is CC[C@H](C)Sc1ccc(NC(=O)N[C@@H]2CCCC3(C2)OCCO3)c(C)c1. The van der Waals surface area contributed by atoms with E-state index in [0.29, 0.717) is 18.5 Å². The second-order valence-electron chi connectivity index (χ2n) is 7.31. The van der Waals surface area contributed by atoms with Gasteiger partial charge in [-0.3, -0.25) is 0 Å². The highest BCUT2D eigenvalue weighted by atomic mass is 32.2. The first-order chi connectivity index (χ1) is 12.5. The molecule has 26 heavy (non-hydrogen) atoms. The number of urea groups is 1. The molecule has 2 atom stereocenters. The number of thioether (sulfide) groups is 1. The van der Waals surface area contributed by atoms with Crippen molar-refractivity contribution in [2.75, 3.05) is 18.5 Å². The molecule has 5 nitrogen and oxygen atoms in total. The number of hydrogen-bond donors (Lipinski definition) is 2. The van der Waals surface area contributed by atoms with Crippen LogP contribution in [0, 0.1) is 6.92 Å². The minimum Gasteiger partial charge on any atom is -0.347 e. The van der Waals surface area contributed by atoms with E-state index in [1.54, 1.807) is 0 Å². The fourth-order valence-corrected chi connectivity index (χ4v) is 4.61. The van der Waals surface area contributed by atoms with Crippen LogP contribution < -0.4 is 10.6 Å². The highest BCUT2D eigenvalue weighted by molar-refractivity contribution is 7.99. The summed E-state index contributed by atoms with van der Waals surface area (Å²) in [5, 5.41) is 6.67. The van der Waals surface area contributed by atoms with Gasteiger partial charge in [-0.2, -0.15) is 0 Å². The summed E-state index contributed by atoms with van der Waals surface area (Å²) < 4.78 is 11.6. The maximum atomic E-state index is 12.4. The molecule has 2 N–H and O–H groups in total. The summed E-state index contributed by atoms with van der Waals surface area (Å²) in [5.41, 5.74) is 1.94. The van der Waals surface area contributed by atoms with Crippen LogP contribution >= 0.6 is 11.8 Å². The number of rotatable bonds is 5. The standard InChI is InChI=1S/C20H30N2O3S/c1-4-15(3)26-17-7-8-18(14(2)12-17)22-19(23)21-16-6-5-9-20(13-16)24-10-11-25-20/h7-8,12,15-16H,4-6,9-11,13H2,1-3H3,(H2,21,22,23)/t15-,16+/m0/s1. The molecule has 0 bridgehead atoms. The molecule has 1 aromatic carbocycles. The van der Waals surface area contributed by atoms with Gasteiger partial charge in [-0.15, -0.1) is 11.8 Å². The molecule has 1 aromatic rings. The Morgan fingerprint density at radius 1 is 1.38 bits per heavy atom. The number of benzene rings is 1. The summed E-state index contributed by atoms with van der Waals surface area (Å²) in [7, 11) is 0. The van der Waals surface area contributed by atoms with Crippen LogP contribution in [0.2, 0.25) is 0 Å². The highest BCUT2D eigenvalue weighted by Gasteiger charge is 2.41. The van der Waals surface area contributed by atoms with E-state index in [-0.39, 0.29) is 12.1 Å². The van der Waals surface area contributed by atoms with Gasteiger partial charge >= 0.3 is 6.03 Å². The third-order valence-electron chi connectivity index (χ3n) is 5.17. The number of nitrogens with one attached hydrogen (secondary N) is 2. The maximum absolute atomic E-state index is 12.4. The fourth-order valence-electron chi connectivity index (χ4n) is 3.59. The molecule has 0 unspecified atom stereocenters. The zero-order valence-electron chi connectivity index (χ0n) is 16.0. The number of anilines is 1. The van der Waals surface area contributed by atoms with Gasteiger partial charge in [0.1, 0.15) is 0 Å². The monoisotopic (exact) mass is 378 g/mol. The van der Waals surface area contributed by atoms with Crippen LogP contribution in [-0.4, -0.2) is 36.3 Å². The molecule has 144 valence electrons. The number of amides is 2. The summed E-state index contributed by atoms with van der Waals surface area (Å²) in [6.07, 6.45) is 4.75. The van der Waals surface area contributed by atoms with Gasteiger partial charge < -0.3 is 20.1 Å². The number of carbonyl (C=O) groups excluding carboxylic acids is 1. The molecule has 1 saturated heterocycles. The topological polar surface area (TPSA) is 59.6 Å². The van der Waals surface area contributed by atoms with Crippen molar-refractivity contribution in [1.29, 1.82) is 0 Å². The molecule has 2 aliphatic rings. The smallest absolute Gasteiger partial charge is 0.319 e. The van der Waals surface area contributed by atoms with Crippen molar-refractivity contribution < 1.29 is 14.3 Å². The zero-order valence-corrected chi connectivity index (χ0v) is 16.8. The molecule has 6 heteroatoms. The molecular formula is C20H30N2O3S. The Morgan fingerprint density at radius 3 is 2.85 bits per heavy atom. The van der Waals surface area contributed by atoms with Gasteiger partial charge in [0, 0.05) is 34.7 Å². The van der Waals surface area contributed by atoms with E-state index in [9.17, 15) is 4.79 Å². The number of hydrogen-bond acceptors (Lipinski definition) is 4. The maximum Gasteiger partial charge on any atom is 0.319 e. The van der Waals surface area contributed by atoms with Crippen LogP contribution in [0.1, 0.15) is 51.5 Å². The van der Waals surface area contributed by atoms with Crippen molar-refractivity contribution in [3.63, 3.8) is 0 Å². The van der Waals surface area contributed by atoms with Crippen molar-refractivity contribution in [1.82, 2.24) is 5.32 Å². The molecule has 1 aliphatic heterocycles. The van der Waals surface area contributed by atoms with E-state index in [4.69, 9.17) is 9.47 Å². The molecule has 1 heterocycles. The van der Waals surface area contributed by atoms with E-state index in [2.05, 4.69) is 36.6 Å². The minimum atomic E-state index is -0.471. The third-order valence-corrected chi connectivity index (χ3v) is 6.44. The van der Waals surface area contributed by atoms with Crippen molar-refractivity contribution in [3.05, 3.63) is 23.8 Å². The van der Waals surface area contributed by atoms with Gasteiger partial charge in [0.15, 0.2) is 5.79 Å². The lowest BCUT2D eigenvalue weighted by molar-refractivity contribution is -0.180. The highest BCUT2D eigenvalue weighted by Crippen LogP contribution is 2.36. The molecule has 2 amide bonds. The second-order valence-corrected chi connectivity index (χ2v) is 8.82. The molecule has 1 spiro atoms. The van der Waals surface area contributed by atoms with Gasteiger partial charge in [0.05, 0.1) is 13.2 Å². The predicted molar refractivity (Wildman–Crippen MR) is 106 cm³/mol. The van der Waals surface area contributed by atoms with Crippen molar-refractivity contribution >= 4 is 23.5 Å². The van der Waals surface area contributed by atoms with Crippen molar-refractivity contribution in [3.8, 4) is 0 Å².